The van der Waals surface area contributed by atoms with Crippen molar-refractivity contribution in [2.45, 2.75) is 50.3 Å². The Morgan fingerprint density at radius 1 is 1.06 bits per heavy atom. The van der Waals surface area contributed by atoms with E-state index in [0.717, 1.165) is 38.5 Å². The van der Waals surface area contributed by atoms with E-state index in [1.165, 1.54) is 21.3 Å². The third-order valence-corrected chi connectivity index (χ3v) is 8.40. The molecule has 0 bridgehead atoms. The van der Waals surface area contributed by atoms with E-state index in [1.54, 1.807) is 6.07 Å². The van der Waals surface area contributed by atoms with Crippen LogP contribution in [0.5, 0.6) is 5.75 Å². The third kappa shape index (κ3) is 4.72. The van der Waals surface area contributed by atoms with Crippen LogP contribution in [0, 0.1) is 5.92 Å². The van der Waals surface area contributed by atoms with E-state index >= 15 is 0 Å². The molecular formula is C22H31N3O5S. The number of piperidine rings is 1. The molecule has 0 spiro atoms. The summed E-state index contributed by atoms with van der Waals surface area (Å²) < 4.78 is 33.4. The molecule has 0 unspecified atom stereocenters. The molecule has 1 aromatic carbocycles. The number of nitrogens with zero attached hydrogens (tertiary/aromatic N) is 3. The van der Waals surface area contributed by atoms with Crippen molar-refractivity contribution in [2.24, 2.45) is 5.92 Å². The standard InChI is InChI=1S/C22H31N3O5S/c1-17-8-12-24(13-9-17)31(28,29)18-6-7-20-19(14-18)25(22(27)16-30-20)15-21(26)23-10-4-2-3-5-11-23/h6-7,14,17H,2-5,8-13,15-16H2,1H3. The third-order valence-electron chi connectivity index (χ3n) is 6.51. The highest BCUT2D eigenvalue weighted by Gasteiger charge is 2.33. The number of ether oxygens (including phenoxy) is 1. The lowest BCUT2D eigenvalue weighted by Gasteiger charge is -2.32. The highest BCUT2D eigenvalue weighted by Crippen LogP contribution is 2.35. The van der Waals surface area contributed by atoms with E-state index in [2.05, 4.69) is 6.92 Å². The molecule has 2 saturated heterocycles. The number of rotatable bonds is 4. The number of carbonyl (C=O) groups excluding carboxylic acids is 2. The van der Waals surface area contributed by atoms with E-state index in [1.807, 2.05) is 4.90 Å². The van der Waals surface area contributed by atoms with Crippen molar-refractivity contribution in [2.75, 3.05) is 44.2 Å². The Morgan fingerprint density at radius 2 is 1.74 bits per heavy atom. The number of hydrogen-bond acceptors (Lipinski definition) is 5. The number of hydrogen-bond donors (Lipinski definition) is 0. The topological polar surface area (TPSA) is 87.2 Å². The van der Waals surface area contributed by atoms with E-state index in [9.17, 15) is 18.0 Å². The van der Waals surface area contributed by atoms with Crippen LogP contribution >= 0.6 is 0 Å². The van der Waals surface area contributed by atoms with Gasteiger partial charge in [-0.2, -0.15) is 4.31 Å². The molecule has 0 atom stereocenters. The first-order valence-electron chi connectivity index (χ1n) is 11.2. The second-order valence-corrected chi connectivity index (χ2v) is 10.7. The zero-order valence-corrected chi connectivity index (χ0v) is 18.9. The van der Waals surface area contributed by atoms with Crippen molar-refractivity contribution in [3.63, 3.8) is 0 Å². The van der Waals surface area contributed by atoms with E-state index < -0.39 is 10.0 Å². The highest BCUT2D eigenvalue weighted by atomic mass is 32.2. The number of amides is 2. The molecule has 2 amide bonds. The second kappa shape index (κ2) is 9.16. The van der Waals surface area contributed by atoms with Gasteiger partial charge in [0, 0.05) is 26.2 Å². The van der Waals surface area contributed by atoms with Gasteiger partial charge in [0.25, 0.3) is 5.91 Å². The fourth-order valence-electron chi connectivity index (χ4n) is 4.45. The summed E-state index contributed by atoms with van der Waals surface area (Å²) in [5, 5.41) is 0. The summed E-state index contributed by atoms with van der Waals surface area (Å²) in [4.78, 5) is 28.8. The van der Waals surface area contributed by atoms with Crippen molar-refractivity contribution in [3.05, 3.63) is 18.2 Å². The molecule has 170 valence electrons. The van der Waals surface area contributed by atoms with Crippen LogP contribution in [-0.4, -0.2) is 68.8 Å². The minimum atomic E-state index is -3.67. The first kappa shape index (κ1) is 22.1. The first-order chi connectivity index (χ1) is 14.9. The number of likely N-dealkylation sites (tertiary alicyclic amines) is 1. The number of fused-ring (bicyclic) bond motifs is 1. The molecule has 0 saturated carbocycles. The normalized spacial score (nSPS) is 21.4. The fourth-order valence-corrected chi connectivity index (χ4v) is 5.94. The summed E-state index contributed by atoms with van der Waals surface area (Å²) in [6.45, 7) is 4.26. The average Bonchev–Trinajstić information content (AvgIpc) is 3.05. The second-order valence-electron chi connectivity index (χ2n) is 8.78. The molecule has 1 aromatic rings. The predicted octanol–water partition coefficient (Wildman–Crippen LogP) is 2.24. The maximum atomic E-state index is 13.2. The van der Waals surface area contributed by atoms with Gasteiger partial charge in [0.05, 0.1) is 10.6 Å². The van der Waals surface area contributed by atoms with Crippen LogP contribution in [0.25, 0.3) is 0 Å². The van der Waals surface area contributed by atoms with Gasteiger partial charge >= 0.3 is 0 Å². The van der Waals surface area contributed by atoms with Gasteiger partial charge in [-0.15, -0.1) is 0 Å². The monoisotopic (exact) mass is 449 g/mol. The highest BCUT2D eigenvalue weighted by molar-refractivity contribution is 7.89. The van der Waals surface area contributed by atoms with Crippen LogP contribution in [0.4, 0.5) is 5.69 Å². The van der Waals surface area contributed by atoms with Gasteiger partial charge in [0.1, 0.15) is 12.3 Å². The van der Waals surface area contributed by atoms with Gasteiger partial charge in [0.15, 0.2) is 6.61 Å². The fraction of sp³-hybridized carbons (Fsp3) is 0.636. The lowest BCUT2D eigenvalue weighted by molar-refractivity contribution is -0.132. The van der Waals surface area contributed by atoms with Crippen molar-refractivity contribution in [1.29, 1.82) is 0 Å². The van der Waals surface area contributed by atoms with Gasteiger partial charge in [-0.25, -0.2) is 8.42 Å². The molecule has 8 nitrogen and oxygen atoms in total. The zero-order valence-electron chi connectivity index (χ0n) is 18.1. The summed E-state index contributed by atoms with van der Waals surface area (Å²) in [5.41, 5.74) is 0.353. The molecule has 0 aromatic heterocycles. The number of benzene rings is 1. The van der Waals surface area contributed by atoms with E-state index in [-0.39, 0.29) is 29.9 Å². The van der Waals surface area contributed by atoms with Gasteiger partial charge in [-0.3, -0.25) is 14.5 Å². The minimum absolute atomic E-state index is 0.0973. The maximum absolute atomic E-state index is 13.2. The van der Waals surface area contributed by atoms with Crippen molar-refractivity contribution in [3.8, 4) is 5.75 Å². The molecule has 0 radical (unpaired) electrons. The molecule has 4 rings (SSSR count). The van der Waals surface area contributed by atoms with Gasteiger partial charge in [-0.1, -0.05) is 19.8 Å². The molecule has 0 N–H and O–H groups in total. The maximum Gasteiger partial charge on any atom is 0.265 e. The largest absolute Gasteiger partial charge is 0.482 e. The molecule has 2 fully saturated rings. The Morgan fingerprint density at radius 3 is 2.42 bits per heavy atom. The molecule has 3 aliphatic heterocycles. The summed E-state index contributed by atoms with van der Waals surface area (Å²) in [6, 6.07) is 4.59. The summed E-state index contributed by atoms with van der Waals surface area (Å²) in [5.74, 6) is 0.495. The molecule has 3 heterocycles. The molecule has 0 aliphatic carbocycles. The Hall–Kier alpha value is -2.13. The van der Waals surface area contributed by atoms with Crippen LogP contribution in [0.1, 0.15) is 45.4 Å². The quantitative estimate of drug-likeness (QED) is 0.704. The van der Waals surface area contributed by atoms with Crippen molar-refractivity contribution < 1.29 is 22.7 Å². The first-order valence-corrected chi connectivity index (χ1v) is 12.7. The van der Waals surface area contributed by atoms with E-state index in [4.69, 9.17) is 4.74 Å². The Kier molecular flexibility index (Phi) is 6.52. The summed E-state index contributed by atoms with van der Waals surface area (Å²) in [6.07, 6.45) is 5.83. The Labute approximate surface area is 184 Å². The minimum Gasteiger partial charge on any atom is -0.482 e. The smallest absolute Gasteiger partial charge is 0.265 e. The van der Waals surface area contributed by atoms with Crippen LogP contribution < -0.4 is 9.64 Å². The summed E-state index contributed by atoms with van der Waals surface area (Å²) >= 11 is 0. The van der Waals surface area contributed by atoms with Crippen LogP contribution in [-0.2, 0) is 19.6 Å². The van der Waals surface area contributed by atoms with Gasteiger partial charge in [-0.05, 0) is 49.8 Å². The zero-order chi connectivity index (χ0) is 22.0. The SMILES string of the molecule is CC1CCN(S(=O)(=O)c2ccc3c(c2)N(CC(=O)N2CCCCCC2)C(=O)CO3)CC1. The van der Waals surface area contributed by atoms with Crippen molar-refractivity contribution >= 4 is 27.5 Å². The molecule has 31 heavy (non-hydrogen) atoms. The van der Waals surface area contributed by atoms with Gasteiger partial charge < -0.3 is 9.64 Å². The number of sulfonamides is 1. The summed E-state index contributed by atoms with van der Waals surface area (Å²) in [7, 11) is -3.67. The van der Waals surface area contributed by atoms with Crippen LogP contribution in [0.3, 0.4) is 0 Å². The van der Waals surface area contributed by atoms with Gasteiger partial charge in [0.2, 0.25) is 15.9 Å². The predicted molar refractivity (Wildman–Crippen MR) is 116 cm³/mol. The molecule has 3 aliphatic rings. The van der Waals surface area contributed by atoms with Crippen LogP contribution in [0.2, 0.25) is 0 Å². The Bertz CT molecular complexity index is 932. The lowest BCUT2D eigenvalue weighted by Crippen LogP contribution is -2.46. The van der Waals surface area contributed by atoms with Crippen LogP contribution in [0.15, 0.2) is 23.1 Å². The number of anilines is 1. The number of carbonyl (C=O) groups is 2. The average molecular weight is 450 g/mol. The molecular weight excluding hydrogens is 418 g/mol. The van der Waals surface area contributed by atoms with E-state index in [0.29, 0.717) is 43.5 Å². The molecule has 9 heteroatoms. The lowest BCUT2D eigenvalue weighted by atomic mass is 10.0. The van der Waals surface area contributed by atoms with Crippen molar-refractivity contribution in [1.82, 2.24) is 9.21 Å². The Balaban J connectivity index is 1.58.